The third-order valence-electron chi connectivity index (χ3n) is 1.55. The summed E-state index contributed by atoms with van der Waals surface area (Å²) in [6.07, 6.45) is 0.681. The Labute approximate surface area is 78.7 Å². The normalized spacial score (nSPS) is 9.50. The lowest BCUT2D eigenvalue weighted by Gasteiger charge is -2.01. The van der Waals surface area contributed by atoms with Crippen molar-refractivity contribution < 1.29 is 9.59 Å². The maximum Gasteiger partial charge on any atom is 0.160 e. The summed E-state index contributed by atoms with van der Waals surface area (Å²) in [5.41, 5.74) is 0.879. The van der Waals surface area contributed by atoms with Crippen molar-refractivity contribution in [3.63, 3.8) is 0 Å². The largest absolute Gasteiger partial charge is 0.298 e. The van der Waals surface area contributed by atoms with Crippen LogP contribution in [0.4, 0.5) is 0 Å². The summed E-state index contributed by atoms with van der Waals surface area (Å²) in [4.78, 5) is 21.6. The topological polar surface area (TPSA) is 34.1 Å². The minimum absolute atomic E-state index is 0.0987. The second-order valence-electron chi connectivity index (χ2n) is 2.38. The average Bonchev–Trinajstić information content (AvgIpc) is 2.03. The highest BCUT2D eigenvalue weighted by Gasteiger charge is 2.08. The first-order valence-electron chi connectivity index (χ1n) is 3.41. The van der Waals surface area contributed by atoms with Crippen molar-refractivity contribution in [2.45, 2.75) is 6.92 Å². The van der Waals surface area contributed by atoms with Crippen molar-refractivity contribution in [1.29, 1.82) is 0 Å². The fourth-order valence-electron chi connectivity index (χ4n) is 0.964. The Morgan fingerprint density at radius 1 is 1.50 bits per heavy atom. The molecule has 0 saturated carbocycles. The number of carbonyl (C=O) groups is 2. The van der Waals surface area contributed by atoms with Crippen LogP contribution < -0.4 is 0 Å². The number of carbonyl (C=O) groups excluding carboxylic acids is 2. The lowest BCUT2D eigenvalue weighted by molar-refractivity contribution is 0.100. The van der Waals surface area contributed by atoms with Crippen LogP contribution in [0, 0.1) is 0 Å². The Kier molecular flexibility index (Phi) is 2.76. The van der Waals surface area contributed by atoms with E-state index in [0.29, 0.717) is 21.9 Å². The van der Waals surface area contributed by atoms with Crippen LogP contribution in [0.2, 0.25) is 0 Å². The molecule has 0 N–H and O–H groups in total. The van der Waals surface area contributed by atoms with Gasteiger partial charge in [0.25, 0.3) is 0 Å². The highest BCUT2D eigenvalue weighted by molar-refractivity contribution is 9.10. The van der Waals surface area contributed by atoms with E-state index in [2.05, 4.69) is 15.9 Å². The van der Waals surface area contributed by atoms with Gasteiger partial charge in [-0.1, -0.05) is 28.1 Å². The maximum atomic E-state index is 11.0. The third-order valence-corrected chi connectivity index (χ3v) is 2.24. The highest BCUT2D eigenvalue weighted by Crippen LogP contribution is 2.18. The molecule has 0 atom stereocenters. The van der Waals surface area contributed by atoms with Gasteiger partial charge in [0.05, 0.1) is 0 Å². The predicted octanol–water partition coefficient (Wildman–Crippen LogP) is 2.46. The Hall–Kier alpha value is -0.960. The average molecular weight is 227 g/mol. The summed E-state index contributed by atoms with van der Waals surface area (Å²) >= 11 is 3.19. The molecule has 0 unspecified atom stereocenters. The number of hydrogen-bond donors (Lipinski definition) is 0. The Bertz CT molecular complexity index is 331. The number of benzene rings is 1. The molecular weight excluding hydrogens is 220 g/mol. The van der Waals surface area contributed by atoms with Crippen molar-refractivity contribution >= 4 is 28.0 Å². The molecule has 0 aliphatic carbocycles. The maximum absolute atomic E-state index is 11.0. The minimum Gasteiger partial charge on any atom is -0.298 e. The van der Waals surface area contributed by atoms with E-state index in [-0.39, 0.29) is 5.78 Å². The quantitative estimate of drug-likeness (QED) is 0.574. The zero-order valence-electron chi connectivity index (χ0n) is 6.50. The fourth-order valence-corrected chi connectivity index (χ4v) is 1.42. The van der Waals surface area contributed by atoms with Gasteiger partial charge in [0.15, 0.2) is 12.1 Å². The first-order chi connectivity index (χ1) is 5.66. The van der Waals surface area contributed by atoms with Gasteiger partial charge in [-0.25, -0.2) is 0 Å². The van der Waals surface area contributed by atoms with Gasteiger partial charge in [0, 0.05) is 15.6 Å². The van der Waals surface area contributed by atoms with Crippen LogP contribution in [0.3, 0.4) is 0 Å². The number of Topliss-reactive ketones (excluding diaryl/α,β-unsaturated/α-hetero) is 1. The SMILES string of the molecule is CC(=O)c1cccc(Br)c1C=O. The smallest absolute Gasteiger partial charge is 0.160 e. The summed E-state index contributed by atoms with van der Waals surface area (Å²) in [5, 5.41) is 0. The van der Waals surface area contributed by atoms with Gasteiger partial charge >= 0.3 is 0 Å². The molecule has 1 aromatic carbocycles. The van der Waals surface area contributed by atoms with Crippen molar-refractivity contribution in [2.24, 2.45) is 0 Å². The van der Waals surface area contributed by atoms with Gasteiger partial charge in [0.1, 0.15) is 0 Å². The van der Waals surface area contributed by atoms with E-state index in [1.165, 1.54) is 6.92 Å². The van der Waals surface area contributed by atoms with Crippen molar-refractivity contribution in [2.75, 3.05) is 0 Å². The molecule has 0 amide bonds. The molecule has 1 aromatic rings. The van der Waals surface area contributed by atoms with Crippen LogP contribution >= 0.6 is 15.9 Å². The van der Waals surface area contributed by atoms with E-state index < -0.39 is 0 Å². The Morgan fingerprint density at radius 3 is 2.58 bits per heavy atom. The molecule has 2 nitrogen and oxygen atoms in total. The monoisotopic (exact) mass is 226 g/mol. The molecule has 0 fully saturated rings. The molecule has 0 aromatic heterocycles. The van der Waals surface area contributed by atoms with E-state index in [1.807, 2.05) is 0 Å². The predicted molar refractivity (Wildman–Crippen MR) is 49.5 cm³/mol. The first-order valence-corrected chi connectivity index (χ1v) is 4.20. The van der Waals surface area contributed by atoms with Crippen LogP contribution in [0.15, 0.2) is 22.7 Å². The van der Waals surface area contributed by atoms with E-state index in [9.17, 15) is 9.59 Å². The lowest BCUT2D eigenvalue weighted by atomic mass is 10.1. The highest BCUT2D eigenvalue weighted by atomic mass is 79.9. The van der Waals surface area contributed by atoms with E-state index in [4.69, 9.17) is 0 Å². The van der Waals surface area contributed by atoms with Gasteiger partial charge in [-0.2, -0.15) is 0 Å². The summed E-state index contributed by atoms with van der Waals surface area (Å²) in [5.74, 6) is -0.0987. The van der Waals surface area contributed by atoms with Crippen LogP contribution in [0.25, 0.3) is 0 Å². The second-order valence-corrected chi connectivity index (χ2v) is 3.23. The molecule has 0 saturated heterocycles. The fraction of sp³-hybridized carbons (Fsp3) is 0.111. The summed E-state index contributed by atoms with van der Waals surface area (Å²) in [7, 11) is 0. The molecule has 0 radical (unpaired) electrons. The molecule has 0 heterocycles. The molecule has 12 heavy (non-hydrogen) atoms. The molecule has 3 heteroatoms. The molecule has 0 spiro atoms. The number of aldehydes is 1. The summed E-state index contributed by atoms with van der Waals surface area (Å²) in [6.45, 7) is 1.44. The molecule has 62 valence electrons. The van der Waals surface area contributed by atoms with E-state index in [1.54, 1.807) is 18.2 Å². The molecule has 1 rings (SSSR count). The van der Waals surface area contributed by atoms with Crippen LogP contribution in [0.1, 0.15) is 27.6 Å². The van der Waals surface area contributed by atoms with E-state index >= 15 is 0 Å². The lowest BCUT2D eigenvalue weighted by Crippen LogP contribution is -1.98. The molecule has 0 aliphatic heterocycles. The zero-order chi connectivity index (χ0) is 9.14. The number of halogens is 1. The van der Waals surface area contributed by atoms with Gasteiger partial charge in [-0.3, -0.25) is 9.59 Å². The first kappa shape index (κ1) is 9.13. The van der Waals surface area contributed by atoms with Crippen LogP contribution in [0.5, 0.6) is 0 Å². The second kappa shape index (κ2) is 3.63. The third kappa shape index (κ3) is 1.61. The molecule has 0 aliphatic rings. The summed E-state index contributed by atoms with van der Waals surface area (Å²) in [6, 6.07) is 5.10. The van der Waals surface area contributed by atoms with Gasteiger partial charge in [-0.15, -0.1) is 0 Å². The van der Waals surface area contributed by atoms with Crippen LogP contribution in [-0.2, 0) is 0 Å². The number of hydrogen-bond acceptors (Lipinski definition) is 2. The standard InChI is InChI=1S/C9H7BrO2/c1-6(12)7-3-2-4-9(10)8(7)5-11/h2-5H,1H3. The number of ketones is 1. The summed E-state index contributed by atoms with van der Waals surface area (Å²) < 4.78 is 0.658. The Morgan fingerprint density at radius 2 is 2.17 bits per heavy atom. The minimum atomic E-state index is -0.0987. The molecular formula is C9H7BrO2. The number of rotatable bonds is 2. The van der Waals surface area contributed by atoms with Crippen molar-refractivity contribution in [3.8, 4) is 0 Å². The van der Waals surface area contributed by atoms with E-state index in [0.717, 1.165) is 0 Å². The van der Waals surface area contributed by atoms with Crippen molar-refractivity contribution in [3.05, 3.63) is 33.8 Å². The van der Waals surface area contributed by atoms with Crippen LogP contribution in [-0.4, -0.2) is 12.1 Å². The zero-order valence-corrected chi connectivity index (χ0v) is 8.09. The Balaban J connectivity index is 3.37. The van der Waals surface area contributed by atoms with Gasteiger partial charge < -0.3 is 0 Å². The van der Waals surface area contributed by atoms with Gasteiger partial charge in [0.2, 0.25) is 0 Å². The molecule has 0 bridgehead atoms. The van der Waals surface area contributed by atoms with Crippen molar-refractivity contribution in [1.82, 2.24) is 0 Å². The van der Waals surface area contributed by atoms with Gasteiger partial charge in [-0.05, 0) is 13.0 Å².